The lowest BCUT2D eigenvalue weighted by Gasteiger charge is -2.12. The van der Waals surface area contributed by atoms with E-state index >= 15 is 0 Å². The maximum absolute atomic E-state index is 6.76. The molecule has 10 rings (SSSR count). The number of benzene rings is 7. The van der Waals surface area contributed by atoms with Crippen LogP contribution in [0.15, 0.2) is 180 Å². The Kier molecular flexibility index (Phi) is 6.46. The van der Waals surface area contributed by atoms with E-state index in [1.165, 1.54) is 27.4 Å². The molecule has 0 aliphatic carbocycles. The SMILES string of the molecule is c1ccc(-c2nc(-c3ccccc3)c3oc4c(-c5ccc(-c6cccc7c8ccccc8n(-c8ccccc8)c67)cc5)cccc4c3n2)cc1. The molecule has 3 aromatic heterocycles. The molecule has 7 aromatic carbocycles. The molecule has 234 valence electrons. The van der Waals surface area contributed by atoms with Crippen LogP contribution in [0.4, 0.5) is 0 Å². The fourth-order valence-electron chi connectivity index (χ4n) is 7.33. The summed E-state index contributed by atoms with van der Waals surface area (Å²) in [7, 11) is 0. The number of furan rings is 1. The summed E-state index contributed by atoms with van der Waals surface area (Å²) in [6.07, 6.45) is 0. The minimum absolute atomic E-state index is 0.677. The molecular weight excluding hydrogens is 611 g/mol. The smallest absolute Gasteiger partial charge is 0.180 e. The first-order chi connectivity index (χ1) is 24.8. The van der Waals surface area contributed by atoms with Gasteiger partial charge < -0.3 is 8.98 Å². The predicted octanol–water partition coefficient (Wildman–Crippen LogP) is 12.1. The van der Waals surface area contributed by atoms with Crippen molar-refractivity contribution in [3.63, 3.8) is 0 Å². The molecule has 4 heteroatoms. The molecular formula is C46H29N3O. The van der Waals surface area contributed by atoms with Gasteiger partial charge in [-0.25, -0.2) is 9.97 Å². The molecule has 50 heavy (non-hydrogen) atoms. The first kappa shape index (κ1) is 28.3. The van der Waals surface area contributed by atoms with Crippen molar-refractivity contribution in [1.82, 2.24) is 14.5 Å². The fourth-order valence-corrected chi connectivity index (χ4v) is 7.33. The zero-order chi connectivity index (χ0) is 33.0. The van der Waals surface area contributed by atoms with E-state index in [4.69, 9.17) is 14.4 Å². The van der Waals surface area contributed by atoms with E-state index in [1.807, 2.05) is 48.5 Å². The van der Waals surface area contributed by atoms with Crippen molar-refractivity contribution in [2.24, 2.45) is 0 Å². The number of aromatic nitrogens is 3. The zero-order valence-corrected chi connectivity index (χ0v) is 27.0. The van der Waals surface area contributed by atoms with Gasteiger partial charge in [-0.05, 0) is 35.4 Å². The highest BCUT2D eigenvalue weighted by Gasteiger charge is 2.21. The van der Waals surface area contributed by atoms with Crippen LogP contribution in [0.2, 0.25) is 0 Å². The van der Waals surface area contributed by atoms with E-state index in [1.54, 1.807) is 0 Å². The summed E-state index contributed by atoms with van der Waals surface area (Å²) in [6.45, 7) is 0. The van der Waals surface area contributed by atoms with Crippen LogP contribution in [0.1, 0.15) is 0 Å². The normalized spacial score (nSPS) is 11.6. The lowest BCUT2D eigenvalue weighted by molar-refractivity contribution is 0.668. The maximum atomic E-state index is 6.76. The molecule has 0 atom stereocenters. The molecule has 0 N–H and O–H groups in total. The Bertz CT molecular complexity index is 2840. The predicted molar refractivity (Wildman–Crippen MR) is 205 cm³/mol. The first-order valence-corrected chi connectivity index (χ1v) is 16.8. The van der Waals surface area contributed by atoms with Gasteiger partial charge in [0.2, 0.25) is 0 Å². The largest absolute Gasteiger partial charge is 0.451 e. The third kappa shape index (κ3) is 4.46. The van der Waals surface area contributed by atoms with Crippen LogP contribution >= 0.6 is 0 Å². The monoisotopic (exact) mass is 639 g/mol. The standard InChI is InChI=1S/C46H29N3O/c1-4-14-32(15-5-1)41-45-42(48-46(47-41)33-16-6-2-7-17-33)39-24-13-22-36(44(39)50-45)31-28-26-30(27-29-31)35-21-12-23-38-37-20-10-11-25-40(37)49(43(35)38)34-18-8-3-9-19-34/h1-29H. The highest BCUT2D eigenvalue weighted by atomic mass is 16.3. The van der Waals surface area contributed by atoms with Crippen LogP contribution < -0.4 is 0 Å². The Morgan fingerprint density at radius 2 is 0.980 bits per heavy atom. The van der Waals surface area contributed by atoms with Crippen molar-refractivity contribution in [3.05, 3.63) is 176 Å². The number of hydrogen-bond acceptors (Lipinski definition) is 3. The molecule has 4 nitrogen and oxygen atoms in total. The second-order valence-electron chi connectivity index (χ2n) is 12.6. The molecule has 0 saturated heterocycles. The van der Waals surface area contributed by atoms with E-state index in [-0.39, 0.29) is 0 Å². The number of nitrogens with zero attached hydrogens (tertiary/aromatic N) is 3. The minimum Gasteiger partial charge on any atom is -0.451 e. The number of fused-ring (bicyclic) bond motifs is 6. The molecule has 0 aliphatic rings. The van der Waals surface area contributed by atoms with Gasteiger partial charge in [0.25, 0.3) is 0 Å². The summed E-state index contributed by atoms with van der Waals surface area (Å²) in [5, 5.41) is 3.45. The highest BCUT2D eigenvalue weighted by Crippen LogP contribution is 2.41. The van der Waals surface area contributed by atoms with Crippen LogP contribution in [0, 0.1) is 0 Å². The van der Waals surface area contributed by atoms with E-state index in [0.717, 1.165) is 55.7 Å². The van der Waals surface area contributed by atoms with Crippen LogP contribution in [-0.2, 0) is 0 Å². The highest BCUT2D eigenvalue weighted by molar-refractivity contribution is 6.14. The summed E-state index contributed by atoms with van der Waals surface area (Å²) in [5.74, 6) is 0.677. The second kappa shape index (κ2) is 11.4. The van der Waals surface area contributed by atoms with Gasteiger partial charge in [0, 0.05) is 44.1 Å². The molecule has 0 radical (unpaired) electrons. The number of rotatable bonds is 5. The summed E-state index contributed by atoms with van der Waals surface area (Å²) in [5.41, 5.74) is 13.0. The van der Waals surface area contributed by atoms with Gasteiger partial charge in [0.15, 0.2) is 11.4 Å². The quantitative estimate of drug-likeness (QED) is 0.188. The second-order valence-corrected chi connectivity index (χ2v) is 12.6. The Morgan fingerprint density at radius 3 is 1.72 bits per heavy atom. The Hall–Kier alpha value is -6.78. The summed E-state index contributed by atoms with van der Waals surface area (Å²) < 4.78 is 9.14. The van der Waals surface area contributed by atoms with Gasteiger partial charge in [-0.3, -0.25) is 0 Å². The van der Waals surface area contributed by atoms with Crippen molar-refractivity contribution in [2.75, 3.05) is 0 Å². The molecule has 0 fully saturated rings. The van der Waals surface area contributed by atoms with E-state index < -0.39 is 0 Å². The zero-order valence-electron chi connectivity index (χ0n) is 27.0. The van der Waals surface area contributed by atoms with E-state index in [2.05, 4.69) is 132 Å². The van der Waals surface area contributed by atoms with Gasteiger partial charge in [0.1, 0.15) is 16.8 Å². The maximum Gasteiger partial charge on any atom is 0.180 e. The number of para-hydroxylation sites is 4. The van der Waals surface area contributed by atoms with E-state index in [0.29, 0.717) is 11.4 Å². The summed E-state index contributed by atoms with van der Waals surface area (Å²) in [4.78, 5) is 10.1. The Morgan fingerprint density at radius 1 is 0.400 bits per heavy atom. The van der Waals surface area contributed by atoms with Gasteiger partial charge in [-0.2, -0.15) is 0 Å². The molecule has 0 aliphatic heterocycles. The van der Waals surface area contributed by atoms with Gasteiger partial charge in [-0.15, -0.1) is 0 Å². The summed E-state index contributed by atoms with van der Waals surface area (Å²) in [6, 6.07) is 61.4. The average molecular weight is 640 g/mol. The van der Waals surface area contributed by atoms with Crippen LogP contribution in [-0.4, -0.2) is 14.5 Å². The summed E-state index contributed by atoms with van der Waals surface area (Å²) >= 11 is 0. The molecule has 0 saturated carbocycles. The molecule has 0 bridgehead atoms. The fraction of sp³-hybridized carbons (Fsp3) is 0. The third-order valence-corrected chi connectivity index (χ3v) is 9.64. The topological polar surface area (TPSA) is 43.9 Å². The lowest BCUT2D eigenvalue weighted by atomic mass is 9.97. The van der Waals surface area contributed by atoms with Gasteiger partial charge >= 0.3 is 0 Å². The third-order valence-electron chi connectivity index (χ3n) is 9.64. The van der Waals surface area contributed by atoms with Crippen LogP contribution in [0.3, 0.4) is 0 Å². The lowest BCUT2D eigenvalue weighted by Crippen LogP contribution is -1.95. The van der Waals surface area contributed by atoms with Crippen molar-refractivity contribution >= 4 is 43.9 Å². The molecule has 0 unspecified atom stereocenters. The average Bonchev–Trinajstić information content (AvgIpc) is 3.75. The molecule has 0 amide bonds. The molecule has 10 aromatic rings. The van der Waals surface area contributed by atoms with Crippen molar-refractivity contribution in [1.29, 1.82) is 0 Å². The van der Waals surface area contributed by atoms with Crippen molar-refractivity contribution in [3.8, 4) is 50.6 Å². The minimum atomic E-state index is 0.677. The first-order valence-electron chi connectivity index (χ1n) is 16.8. The molecule has 3 heterocycles. The van der Waals surface area contributed by atoms with Gasteiger partial charge in [-0.1, -0.05) is 152 Å². The van der Waals surface area contributed by atoms with Gasteiger partial charge in [0.05, 0.1) is 11.0 Å². The molecule has 0 spiro atoms. The van der Waals surface area contributed by atoms with Crippen LogP contribution in [0.25, 0.3) is 94.5 Å². The van der Waals surface area contributed by atoms with Crippen LogP contribution in [0.5, 0.6) is 0 Å². The Labute approximate surface area is 288 Å². The Balaban J connectivity index is 1.14. The number of hydrogen-bond donors (Lipinski definition) is 0. The van der Waals surface area contributed by atoms with Crippen molar-refractivity contribution < 1.29 is 4.42 Å². The van der Waals surface area contributed by atoms with E-state index in [9.17, 15) is 0 Å². The van der Waals surface area contributed by atoms with Crippen molar-refractivity contribution in [2.45, 2.75) is 0 Å².